The molecule has 2 aliphatic rings. The lowest BCUT2D eigenvalue weighted by Gasteiger charge is -2.33. The number of amides is 3. The third-order valence-corrected chi connectivity index (χ3v) is 9.22. The van der Waals surface area contributed by atoms with Gasteiger partial charge in [0, 0.05) is 40.6 Å². The third kappa shape index (κ3) is 6.69. The predicted molar refractivity (Wildman–Crippen MR) is 155 cm³/mol. The van der Waals surface area contributed by atoms with Crippen LogP contribution in [0.2, 0.25) is 4.34 Å². The molecule has 2 saturated heterocycles. The molecule has 3 amide bonds. The van der Waals surface area contributed by atoms with Gasteiger partial charge in [-0.25, -0.2) is 8.42 Å². The number of carbonyl (C=O) groups excluding carboxylic acids is 3. The summed E-state index contributed by atoms with van der Waals surface area (Å²) in [5.41, 5.74) is 1.43. The Morgan fingerprint density at radius 2 is 1.95 bits per heavy atom. The number of nitrogens with one attached hydrogen (secondary N) is 2. The minimum atomic E-state index is -3.90. The Morgan fingerprint density at radius 3 is 2.75 bits per heavy atom. The maximum atomic E-state index is 13.2. The summed E-state index contributed by atoms with van der Waals surface area (Å²) in [4.78, 5) is 47.3. The van der Waals surface area contributed by atoms with E-state index in [1.165, 1.54) is 27.2 Å². The molecule has 2 fully saturated rings. The van der Waals surface area contributed by atoms with E-state index in [0.29, 0.717) is 53.7 Å². The molecule has 13 heteroatoms. The van der Waals surface area contributed by atoms with Crippen molar-refractivity contribution in [1.82, 2.24) is 19.5 Å². The second kappa shape index (κ2) is 12.0. The van der Waals surface area contributed by atoms with Crippen LogP contribution in [0.1, 0.15) is 30.6 Å². The van der Waals surface area contributed by atoms with E-state index in [9.17, 15) is 22.8 Å². The molecule has 2 N–H and O–H groups in total. The van der Waals surface area contributed by atoms with Gasteiger partial charge < -0.3 is 15.1 Å². The first-order chi connectivity index (χ1) is 19.2. The number of hydrogen-bond donors (Lipinski definition) is 2. The van der Waals surface area contributed by atoms with E-state index >= 15 is 0 Å². The largest absolute Gasteiger partial charge is 0.332 e. The Balaban J connectivity index is 1.19. The molecule has 0 aliphatic carbocycles. The van der Waals surface area contributed by atoms with Crippen LogP contribution in [0, 0.1) is 0 Å². The van der Waals surface area contributed by atoms with Gasteiger partial charge in [0.15, 0.2) is 0 Å². The maximum Gasteiger partial charge on any atom is 0.247 e. The highest BCUT2D eigenvalue weighted by molar-refractivity contribution is 7.92. The molecule has 0 bridgehead atoms. The molecule has 40 heavy (non-hydrogen) atoms. The highest BCUT2D eigenvalue weighted by Gasteiger charge is 2.37. The number of pyridine rings is 1. The number of likely N-dealkylation sites (tertiary alicyclic amines) is 2. The third-order valence-electron chi connectivity index (χ3n) is 6.92. The van der Waals surface area contributed by atoms with Gasteiger partial charge in [-0.05, 0) is 68.2 Å². The molecule has 4 heterocycles. The summed E-state index contributed by atoms with van der Waals surface area (Å²) < 4.78 is 28.1. The zero-order chi connectivity index (χ0) is 28.3. The molecular formula is C27H28ClN5O5S2. The number of halogens is 1. The van der Waals surface area contributed by atoms with Gasteiger partial charge in [0.25, 0.3) is 0 Å². The lowest BCUT2D eigenvalue weighted by Crippen LogP contribution is -2.55. The molecule has 2 aromatic heterocycles. The molecular weight excluding hydrogens is 574 g/mol. The van der Waals surface area contributed by atoms with Gasteiger partial charge in [0.2, 0.25) is 27.7 Å². The average molecular weight is 602 g/mol. The highest BCUT2D eigenvalue weighted by Crippen LogP contribution is 2.24. The Morgan fingerprint density at radius 1 is 1.12 bits per heavy atom. The lowest BCUT2D eigenvalue weighted by atomic mass is 10.1. The smallest absolute Gasteiger partial charge is 0.247 e. The molecule has 2 atom stereocenters. The van der Waals surface area contributed by atoms with Crippen molar-refractivity contribution >= 4 is 73.3 Å². The lowest BCUT2D eigenvalue weighted by molar-refractivity contribution is -0.144. The normalized spacial score (nSPS) is 20.0. The Bertz CT molecular complexity index is 1570. The number of aromatic nitrogens is 1. The zero-order valence-electron chi connectivity index (χ0n) is 21.5. The number of benzene rings is 1. The monoisotopic (exact) mass is 601 g/mol. The Hall–Kier alpha value is -3.32. The first-order valence-corrected chi connectivity index (χ1v) is 15.6. The first-order valence-electron chi connectivity index (χ1n) is 12.9. The summed E-state index contributed by atoms with van der Waals surface area (Å²) in [5.74, 6) is -1.09. The second-order valence-electron chi connectivity index (χ2n) is 9.71. The molecule has 0 spiro atoms. The van der Waals surface area contributed by atoms with E-state index in [2.05, 4.69) is 15.0 Å². The number of thiophene rings is 1. The van der Waals surface area contributed by atoms with Crippen molar-refractivity contribution < 1.29 is 22.8 Å². The van der Waals surface area contributed by atoms with Gasteiger partial charge in [0.05, 0.1) is 16.4 Å². The number of fused-ring (bicyclic) bond motifs is 1. The summed E-state index contributed by atoms with van der Waals surface area (Å²) in [5, 5.41) is 4.80. The highest BCUT2D eigenvalue weighted by atomic mass is 35.5. The predicted octanol–water partition coefficient (Wildman–Crippen LogP) is 3.46. The van der Waals surface area contributed by atoms with Crippen LogP contribution in [-0.2, 0) is 24.4 Å². The fourth-order valence-corrected chi connectivity index (χ4v) is 7.06. The number of hydrogen-bond acceptors (Lipinski definition) is 7. The minimum Gasteiger partial charge on any atom is -0.332 e. The Labute approximate surface area is 241 Å². The molecule has 0 radical (unpaired) electrons. The quantitative estimate of drug-likeness (QED) is 0.407. The molecule has 3 aromatic rings. The number of rotatable bonds is 8. The van der Waals surface area contributed by atoms with Crippen molar-refractivity contribution in [3.8, 4) is 0 Å². The van der Waals surface area contributed by atoms with E-state index in [-0.39, 0.29) is 18.4 Å². The molecule has 2 aliphatic heterocycles. The van der Waals surface area contributed by atoms with E-state index in [1.54, 1.807) is 24.4 Å². The van der Waals surface area contributed by atoms with Crippen molar-refractivity contribution in [2.75, 3.05) is 25.0 Å². The van der Waals surface area contributed by atoms with Gasteiger partial charge in [-0.2, -0.15) is 4.72 Å². The van der Waals surface area contributed by atoms with Crippen molar-refractivity contribution in [3.63, 3.8) is 0 Å². The Kier molecular flexibility index (Phi) is 8.50. The fraction of sp³-hybridized carbons (Fsp3) is 0.333. The molecule has 10 nitrogen and oxygen atoms in total. The first kappa shape index (κ1) is 28.2. The number of sulfonamides is 1. The maximum absolute atomic E-state index is 13.2. The topological polar surface area (TPSA) is 129 Å². The van der Waals surface area contributed by atoms with Crippen molar-refractivity contribution in [2.45, 2.75) is 37.8 Å². The van der Waals surface area contributed by atoms with Crippen LogP contribution >= 0.6 is 22.9 Å². The molecule has 0 unspecified atom stereocenters. The van der Waals surface area contributed by atoms with Gasteiger partial charge in [-0.3, -0.25) is 19.4 Å². The van der Waals surface area contributed by atoms with E-state index in [4.69, 9.17) is 11.6 Å². The van der Waals surface area contributed by atoms with E-state index in [1.807, 2.05) is 24.3 Å². The fourth-order valence-electron chi connectivity index (χ4n) is 4.99. The van der Waals surface area contributed by atoms with Crippen LogP contribution in [-0.4, -0.2) is 72.6 Å². The van der Waals surface area contributed by atoms with Crippen LogP contribution < -0.4 is 10.0 Å². The van der Waals surface area contributed by atoms with Crippen molar-refractivity contribution in [1.29, 1.82) is 0 Å². The van der Waals surface area contributed by atoms with E-state index in [0.717, 1.165) is 16.3 Å². The summed E-state index contributed by atoms with van der Waals surface area (Å²) in [6.45, 7) is 0.530. The molecule has 0 saturated carbocycles. The summed E-state index contributed by atoms with van der Waals surface area (Å²) in [6.07, 6.45) is 5.18. The van der Waals surface area contributed by atoms with E-state index < -0.39 is 28.0 Å². The van der Waals surface area contributed by atoms with Gasteiger partial charge in [-0.1, -0.05) is 17.7 Å². The van der Waals surface area contributed by atoms with Gasteiger partial charge in [-0.15, -0.1) is 11.3 Å². The van der Waals surface area contributed by atoms with Gasteiger partial charge in [0.1, 0.15) is 12.1 Å². The number of anilines is 1. The molecule has 1 aromatic carbocycles. The number of piperidine rings is 1. The van der Waals surface area contributed by atoms with Crippen molar-refractivity contribution in [3.05, 3.63) is 63.3 Å². The SMILES string of the molecule is O=C(Nc1ccc2ncccc2c1)[C@H]1CCCN1C(=O)CN1CCC[C@H](NS(=O)(=O)/C=C/c2ccc(Cl)s2)C1=O. The minimum absolute atomic E-state index is 0.216. The summed E-state index contributed by atoms with van der Waals surface area (Å²) >= 11 is 7.12. The number of nitrogens with zero attached hydrogens (tertiary/aromatic N) is 3. The molecule has 210 valence electrons. The average Bonchev–Trinajstić information content (AvgIpc) is 3.59. The van der Waals surface area contributed by atoms with Crippen molar-refractivity contribution in [2.24, 2.45) is 0 Å². The zero-order valence-corrected chi connectivity index (χ0v) is 23.8. The van der Waals surface area contributed by atoms with Crippen LogP contribution in [0.5, 0.6) is 0 Å². The number of carbonyl (C=O) groups is 3. The molecule has 5 rings (SSSR count). The standard InChI is InChI=1S/C27H28ClN5O5S2/c28-24-10-8-20(39-24)11-15-40(37,38)31-22-5-2-13-32(27(22)36)17-25(34)33-14-3-6-23(33)26(35)30-19-7-9-21-18(16-19)4-1-12-29-21/h1,4,7-12,15-16,22-23,31H,2-3,5-6,13-14,17H2,(H,30,35)/b15-11+/t22-,23+/m0/s1. The van der Waals surface area contributed by atoms with Gasteiger partial charge >= 0.3 is 0 Å². The van der Waals surface area contributed by atoms with Crippen LogP contribution in [0.3, 0.4) is 0 Å². The second-order valence-corrected chi connectivity index (χ2v) is 13.1. The summed E-state index contributed by atoms with van der Waals surface area (Å²) in [7, 11) is -3.90. The van der Waals surface area contributed by atoms with Crippen LogP contribution in [0.4, 0.5) is 5.69 Å². The summed E-state index contributed by atoms with van der Waals surface area (Å²) in [6, 6.07) is 10.9. The van der Waals surface area contributed by atoms with Crippen LogP contribution in [0.25, 0.3) is 17.0 Å². The van der Waals surface area contributed by atoms with Crippen LogP contribution in [0.15, 0.2) is 54.1 Å².